The predicted octanol–water partition coefficient (Wildman–Crippen LogP) is 4.30. The number of thiazole rings is 2. The maximum absolute atomic E-state index is 12.3. The molecule has 0 aliphatic carbocycles. The molecule has 0 spiro atoms. The zero-order valence-electron chi connectivity index (χ0n) is 12.7. The van der Waals surface area contributed by atoms with Gasteiger partial charge in [-0.1, -0.05) is 23.5 Å². The molecule has 25 heavy (non-hydrogen) atoms. The summed E-state index contributed by atoms with van der Waals surface area (Å²) in [7, 11) is -3.64. The van der Waals surface area contributed by atoms with Gasteiger partial charge in [-0.25, -0.2) is 18.4 Å². The van der Waals surface area contributed by atoms with Crippen molar-refractivity contribution < 1.29 is 8.42 Å². The second-order valence-electron chi connectivity index (χ2n) is 5.08. The number of nitrogens with zero attached hydrogens (tertiary/aromatic N) is 2. The molecule has 2 heterocycles. The predicted molar refractivity (Wildman–Crippen MR) is 102 cm³/mol. The Balaban J connectivity index is 1.53. The van der Waals surface area contributed by atoms with Crippen LogP contribution in [0.15, 0.2) is 65.0 Å². The molecule has 0 saturated carbocycles. The summed E-state index contributed by atoms with van der Waals surface area (Å²) in [6.07, 6.45) is 1.55. The summed E-state index contributed by atoms with van der Waals surface area (Å²) in [5.41, 5.74) is 1.70. The molecule has 0 saturated heterocycles. The molecule has 2 aromatic heterocycles. The lowest BCUT2D eigenvalue weighted by Gasteiger charge is -2.07. The highest BCUT2D eigenvalue weighted by molar-refractivity contribution is 7.93. The Labute approximate surface area is 152 Å². The van der Waals surface area contributed by atoms with Crippen LogP contribution in [0.5, 0.6) is 0 Å². The van der Waals surface area contributed by atoms with Gasteiger partial charge in [0.25, 0.3) is 10.0 Å². The summed E-state index contributed by atoms with van der Waals surface area (Å²) in [6, 6.07) is 14.4. The third-order valence-electron chi connectivity index (χ3n) is 3.36. The summed E-state index contributed by atoms with van der Waals surface area (Å²) in [5, 5.41) is 6.02. The molecule has 0 aliphatic heterocycles. The Bertz CT molecular complexity index is 1070. The Morgan fingerprint density at radius 1 is 0.960 bits per heavy atom. The van der Waals surface area contributed by atoms with Crippen LogP contribution in [0, 0.1) is 0 Å². The van der Waals surface area contributed by atoms with E-state index in [0.717, 1.165) is 21.0 Å². The Morgan fingerprint density at radius 2 is 1.76 bits per heavy atom. The maximum Gasteiger partial charge on any atom is 0.263 e. The van der Waals surface area contributed by atoms with Crippen molar-refractivity contribution in [3.63, 3.8) is 0 Å². The van der Waals surface area contributed by atoms with Crippen LogP contribution >= 0.6 is 22.7 Å². The Kier molecular flexibility index (Phi) is 4.12. The number of benzene rings is 2. The highest BCUT2D eigenvalue weighted by Crippen LogP contribution is 2.28. The number of sulfonamides is 1. The van der Waals surface area contributed by atoms with E-state index in [2.05, 4.69) is 20.0 Å². The van der Waals surface area contributed by atoms with E-state index in [-0.39, 0.29) is 4.90 Å². The number of aromatic nitrogens is 2. The van der Waals surface area contributed by atoms with Crippen molar-refractivity contribution in [2.45, 2.75) is 4.90 Å². The molecule has 0 radical (unpaired) electrons. The summed E-state index contributed by atoms with van der Waals surface area (Å²) >= 11 is 2.78. The van der Waals surface area contributed by atoms with E-state index in [9.17, 15) is 8.42 Å². The number of hydrogen-bond acceptors (Lipinski definition) is 7. The van der Waals surface area contributed by atoms with Crippen LogP contribution < -0.4 is 10.0 Å². The van der Waals surface area contributed by atoms with Crippen LogP contribution in [0.3, 0.4) is 0 Å². The normalized spacial score (nSPS) is 11.5. The van der Waals surface area contributed by atoms with E-state index >= 15 is 0 Å². The van der Waals surface area contributed by atoms with Crippen molar-refractivity contribution in [1.29, 1.82) is 0 Å². The van der Waals surface area contributed by atoms with Crippen molar-refractivity contribution in [1.82, 2.24) is 9.97 Å². The van der Waals surface area contributed by atoms with Crippen LogP contribution in [0.1, 0.15) is 0 Å². The van der Waals surface area contributed by atoms with E-state index in [1.54, 1.807) is 47.2 Å². The standard InChI is InChI=1S/C16H12N4O2S3/c21-25(22,20-15-17-9-10-23-15)12-7-5-11(6-8-12)18-16-19-13-3-1-2-4-14(13)24-16/h1-10H,(H,17,20)(H,18,19). The van der Waals surface area contributed by atoms with Crippen molar-refractivity contribution in [3.8, 4) is 0 Å². The van der Waals surface area contributed by atoms with E-state index in [1.165, 1.54) is 11.3 Å². The van der Waals surface area contributed by atoms with Crippen molar-refractivity contribution >= 4 is 58.9 Å². The molecular weight excluding hydrogens is 376 g/mol. The van der Waals surface area contributed by atoms with Gasteiger partial charge in [-0.3, -0.25) is 4.72 Å². The number of fused-ring (bicyclic) bond motifs is 1. The van der Waals surface area contributed by atoms with Crippen LogP contribution in [-0.2, 0) is 10.0 Å². The molecule has 4 rings (SSSR count). The van der Waals surface area contributed by atoms with Gasteiger partial charge >= 0.3 is 0 Å². The van der Waals surface area contributed by atoms with Gasteiger partial charge in [0.1, 0.15) is 0 Å². The fourth-order valence-electron chi connectivity index (χ4n) is 2.21. The molecule has 9 heteroatoms. The largest absolute Gasteiger partial charge is 0.332 e. The van der Waals surface area contributed by atoms with Gasteiger partial charge in [0.2, 0.25) is 0 Å². The monoisotopic (exact) mass is 388 g/mol. The number of nitrogens with one attached hydrogen (secondary N) is 2. The van der Waals surface area contributed by atoms with Crippen molar-refractivity contribution in [2.75, 3.05) is 10.0 Å². The molecule has 0 unspecified atom stereocenters. The van der Waals surface area contributed by atoms with E-state index in [1.807, 2.05) is 24.3 Å². The smallest absolute Gasteiger partial charge is 0.263 e. The molecule has 0 atom stereocenters. The van der Waals surface area contributed by atoms with Crippen LogP contribution in [0.4, 0.5) is 16.0 Å². The molecule has 0 aliphatic rings. The zero-order chi connectivity index (χ0) is 17.3. The minimum atomic E-state index is -3.64. The summed E-state index contributed by atoms with van der Waals surface area (Å²) < 4.78 is 28.2. The molecular formula is C16H12N4O2S3. The van der Waals surface area contributed by atoms with Crippen LogP contribution in [-0.4, -0.2) is 18.4 Å². The number of rotatable bonds is 5. The Hall–Kier alpha value is -2.49. The van der Waals surface area contributed by atoms with Gasteiger partial charge in [0.05, 0.1) is 15.1 Å². The van der Waals surface area contributed by atoms with Gasteiger partial charge in [-0.15, -0.1) is 11.3 Å². The summed E-state index contributed by atoms with van der Waals surface area (Å²) in [6.45, 7) is 0. The van der Waals surface area contributed by atoms with Gasteiger partial charge in [0.15, 0.2) is 10.3 Å². The molecule has 126 valence electrons. The van der Waals surface area contributed by atoms with Crippen LogP contribution in [0.25, 0.3) is 10.2 Å². The van der Waals surface area contributed by atoms with Crippen molar-refractivity contribution in [2.24, 2.45) is 0 Å². The van der Waals surface area contributed by atoms with Gasteiger partial charge in [-0.05, 0) is 36.4 Å². The van der Waals surface area contributed by atoms with Crippen LogP contribution in [0.2, 0.25) is 0 Å². The minimum Gasteiger partial charge on any atom is -0.332 e. The highest BCUT2D eigenvalue weighted by Gasteiger charge is 2.15. The first-order valence-electron chi connectivity index (χ1n) is 7.25. The first-order valence-corrected chi connectivity index (χ1v) is 10.4. The van der Waals surface area contributed by atoms with Gasteiger partial charge in [-0.2, -0.15) is 0 Å². The fourth-order valence-corrected chi connectivity index (χ4v) is 4.89. The number of para-hydroxylation sites is 1. The molecule has 0 amide bonds. The molecule has 4 aromatic rings. The fraction of sp³-hybridized carbons (Fsp3) is 0. The lowest BCUT2D eigenvalue weighted by atomic mass is 10.3. The third-order valence-corrected chi connectivity index (χ3v) is 6.49. The average molecular weight is 388 g/mol. The average Bonchev–Trinajstić information content (AvgIpc) is 3.23. The zero-order valence-corrected chi connectivity index (χ0v) is 15.2. The molecule has 2 N–H and O–H groups in total. The number of hydrogen-bond donors (Lipinski definition) is 2. The maximum atomic E-state index is 12.3. The second kappa shape index (κ2) is 6.43. The van der Waals surface area contributed by atoms with E-state index in [4.69, 9.17) is 0 Å². The van der Waals surface area contributed by atoms with E-state index in [0.29, 0.717) is 5.13 Å². The SMILES string of the molecule is O=S(=O)(Nc1nccs1)c1ccc(Nc2nc3ccccc3s2)cc1. The summed E-state index contributed by atoms with van der Waals surface area (Å²) in [5.74, 6) is 0. The third kappa shape index (κ3) is 3.48. The van der Waals surface area contributed by atoms with Gasteiger partial charge < -0.3 is 5.32 Å². The van der Waals surface area contributed by atoms with E-state index < -0.39 is 10.0 Å². The summed E-state index contributed by atoms with van der Waals surface area (Å²) in [4.78, 5) is 8.61. The molecule has 2 aromatic carbocycles. The number of anilines is 3. The first-order chi connectivity index (χ1) is 12.1. The minimum absolute atomic E-state index is 0.178. The molecule has 0 bridgehead atoms. The topological polar surface area (TPSA) is 84.0 Å². The molecule has 0 fully saturated rings. The highest BCUT2D eigenvalue weighted by atomic mass is 32.2. The quantitative estimate of drug-likeness (QED) is 0.533. The van der Waals surface area contributed by atoms with Gasteiger partial charge in [0, 0.05) is 17.3 Å². The second-order valence-corrected chi connectivity index (χ2v) is 8.69. The lowest BCUT2D eigenvalue weighted by molar-refractivity contribution is 0.601. The van der Waals surface area contributed by atoms with Crippen molar-refractivity contribution in [3.05, 3.63) is 60.1 Å². The first kappa shape index (κ1) is 16.0. The Morgan fingerprint density at radius 3 is 2.48 bits per heavy atom. The lowest BCUT2D eigenvalue weighted by Crippen LogP contribution is -2.12. The molecule has 6 nitrogen and oxygen atoms in total.